The van der Waals surface area contributed by atoms with Gasteiger partial charge in [0.05, 0.1) is 33.4 Å². The minimum Gasteiger partial charge on any atom is -0.325 e. The molecule has 2 aromatic heterocycles. The molecule has 0 fully saturated rings. The smallest absolute Gasteiger partial charge is 0.323 e. The Morgan fingerprint density at radius 3 is 2.50 bits per heavy atom. The fourth-order valence-electron chi connectivity index (χ4n) is 3.95. The Kier molecular flexibility index (Phi) is 5.54. The van der Waals surface area contributed by atoms with Crippen LogP contribution in [-0.2, 0) is 4.79 Å². The van der Waals surface area contributed by atoms with Crippen molar-refractivity contribution in [2.24, 2.45) is 0 Å². The van der Waals surface area contributed by atoms with Gasteiger partial charge in [0.1, 0.15) is 0 Å². The fourth-order valence-corrected chi connectivity index (χ4v) is 4.77. The predicted octanol–water partition coefficient (Wildman–Crippen LogP) is 3.90. The Hall–Kier alpha value is -4.11. The van der Waals surface area contributed by atoms with Crippen LogP contribution < -0.4 is 16.6 Å². The second-order valence-corrected chi connectivity index (χ2v) is 9.02. The molecule has 34 heavy (non-hydrogen) atoms. The lowest BCUT2D eigenvalue weighted by Gasteiger charge is -2.14. The van der Waals surface area contributed by atoms with Crippen LogP contribution in [0.25, 0.3) is 27.6 Å². The van der Waals surface area contributed by atoms with E-state index in [0.29, 0.717) is 38.5 Å². The summed E-state index contributed by atoms with van der Waals surface area (Å²) in [7, 11) is 0. The van der Waals surface area contributed by atoms with Crippen LogP contribution in [-0.4, -0.2) is 31.2 Å². The Balaban J connectivity index is 1.46. The highest BCUT2D eigenvalue weighted by atomic mass is 32.2. The van der Waals surface area contributed by atoms with Gasteiger partial charge in [-0.05, 0) is 67.4 Å². The number of nitrogens with zero attached hydrogens (tertiary/aromatic N) is 2. The molecule has 9 heteroatoms. The topological polar surface area (TPSA) is 113 Å². The van der Waals surface area contributed by atoms with Gasteiger partial charge in [-0.3, -0.25) is 14.2 Å². The van der Waals surface area contributed by atoms with Crippen molar-refractivity contribution in [1.82, 2.24) is 19.5 Å². The summed E-state index contributed by atoms with van der Waals surface area (Å²) in [6, 6.07) is 18.2. The first kappa shape index (κ1) is 21.7. The summed E-state index contributed by atoms with van der Waals surface area (Å²) in [6.07, 6.45) is 0. The quantitative estimate of drug-likeness (QED) is 0.266. The van der Waals surface area contributed by atoms with Crippen molar-refractivity contribution in [3.8, 4) is 5.69 Å². The maximum Gasteiger partial charge on any atom is 0.323 e. The van der Waals surface area contributed by atoms with Gasteiger partial charge in [0, 0.05) is 5.69 Å². The van der Waals surface area contributed by atoms with Gasteiger partial charge in [-0.2, -0.15) is 0 Å². The number of aryl methyl sites for hydroxylation is 2. The zero-order valence-electron chi connectivity index (χ0n) is 18.5. The predicted molar refractivity (Wildman–Crippen MR) is 135 cm³/mol. The van der Waals surface area contributed by atoms with Crippen molar-refractivity contribution in [2.75, 3.05) is 11.1 Å². The molecule has 2 heterocycles. The van der Waals surface area contributed by atoms with Crippen molar-refractivity contribution in [1.29, 1.82) is 0 Å². The molecule has 3 N–H and O–H groups in total. The van der Waals surface area contributed by atoms with Crippen molar-refractivity contribution >= 4 is 45.3 Å². The number of thioether (sulfide) groups is 1. The molecule has 0 atom stereocenters. The molecule has 0 saturated heterocycles. The first-order valence-electron chi connectivity index (χ1n) is 10.6. The van der Waals surface area contributed by atoms with Crippen LogP contribution in [0, 0.1) is 13.8 Å². The van der Waals surface area contributed by atoms with Crippen molar-refractivity contribution in [3.63, 3.8) is 0 Å². The Bertz CT molecular complexity index is 1660. The third-order valence-corrected chi connectivity index (χ3v) is 6.28. The third kappa shape index (κ3) is 4.25. The van der Waals surface area contributed by atoms with Crippen LogP contribution in [0.4, 0.5) is 5.69 Å². The summed E-state index contributed by atoms with van der Waals surface area (Å²) in [4.78, 5) is 47.6. The van der Waals surface area contributed by atoms with Gasteiger partial charge in [-0.1, -0.05) is 30.0 Å². The van der Waals surface area contributed by atoms with Gasteiger partial charge < -0.3 is 15.3 Å². The standard InChI is InChI=1S/C25H21N5O3S/c1-14-9-15(2)11-17(10-14)30-23(32)18-5-3-4-6-19(18)29-25(30)34-13-22(31)26-16-7-8-20-21(12-16)28-24(33)27-20/h3-12H,13H2,1-2H3,(H,26,31)(H2,27,28,33). The summed E-state index contributed by atoms with van der Waals surface area (Å²) in [6.45, 7) is 3.95. The van der Waals surface area contributed by atoms with E-state index in [0.717, 1.165) is 11.1 Å². The normalized spacial score (nSPS) is 11.2. The van der Waals surface area contributed by atoms with Crippen LogP contribution in [0.3, 0.4) is 0 Å². The number of aromatic nitrogens is 4. The minimum atomic E-state index is -0.305. The molecule has 0 radical (unpaired) electrons. The van der Waals surface area contributed by atoms with E-state index in [9.17, 15) is 14.4 Å². The van der Waals surface area contributed by atoms with Gasteiger partial charge in [-0.25, -0.2) is 9.78 Å². The highest BCUT2D eigenvalue weighted by Gasteiger charge is 2.15. The molecule has 0 bridgehead atoms. The summed E-state index contributed by atoms with van der Waals surface area (Å²) < 4.78 is 1.57. The van der Waals surface area contributed by atoms with E-state index in [1.54, 1.807) is 34.9 Å². The van der Waals surface area contributed by atoms with Gasteiger partial charge in [0.2, 0.25) is 5.91 Å². The lowest BCUT2D eigenvalue weighted by Crippen LogP contribution is -2.23. The highest BCUT2D eigenvalue weighted by molar-refractivity contribution is 7.99. The monoisotopic (exact) mass is 471 g/mol. The van der Waals surface area contributed by atoms with E-state index in [1.165, 1.54) is 11.8 Å². The largest absolute Gasteiger partial charge is 0.325 e. The van der Waals surface area contributed by atoms with Crippen LogP contribution in [0.15, 0.2) is 75.4 Å². The molecule has 5 aromatic rings. The molecule has 0 unspecified atom stereocenters. The first-order chi connectivity index (χ1) is 16.4. The molecule has 0 aliphatic rings. The van der Waals surface area contributed by atoms with E-state index in [-0.39, 0.29) is 22.9 Å². The van der Waals surface area contributed by atoms with Crippen LogP contribution in [0.5, 0.6) is 0 Å². The number of benzene rings is 3. The molecule has 0 spiro atoms. The number of carbonyl (C=O) groups is 1. The number of para-hydroxylation sites is 1. The molecular formula is C25H21N5O3S. The maximum absolute atomic E-state index is 13.4. The number of carbonyl (C=O) groups excluding carboxylic acids is 1. The molecule has 0 aliphatic carbocycles. The Labute approximate surface area is 198 Å². The number of aromatic amines is 2. The number of fused-ring (bicyclic) bond motifs is 2. The second kappa shape index (κ2) is 8.68. The summed E-state index contributed by atoms with van der Waals surface area (Å²) in [5.74, 6) is -0.200. The highest BCUT2D eigenvalue weighted by Crippen LogP contribution is 2.23. The van der Waals surface area contributed by atoms with Crippen LogP contribution >= 0.6 is 11.8 Å². The van der Waals surface area contributed by atoms with Gasteiger partial charge in [-0.15, -0.1) is 0 Å². The number of H-pyrrole nitrogens is 2. The van der Waals surface area contributed by atoms with Gasteiger partial charge in [0.25, 0.3) is 5.56 Å². The van der Waals surface area contributed by atoms with Crippen LogP contribution in [0.2, 0.25) is 0 Å². The number of imidazole rings is 1. The third-order valence-electron chi connectivity index (χ3n) is 5.34. The zero-order chi connectivity index (χ0) is 23.8. The van der Waals surface area contributed by atoms with Crippen molar-refractivity contribution < 1.29 is 4.79 Å². The van der Waals surface area contributed by atoms with E-state index in [1.807, 2.05) is 44.2 Å². The molecule has 3 aromatic carbocycles. The molecule has 0 saturated carbocycles. The number of anilines is 1. The van der Waals surface area contributed by atoms with E-state index in [4.69, 9.17) is 4.98 Å². The molecule has 8 nitrogen and oxygen atoms in total. The average Bonchev–Trinajstić information content (AvgIpc) is 3.16. The maximum atomic E-state index is 13.4. The number of rotatable bonds is 5. The lowest BCUT2D eigenvalue weighted by molar-refractivity contribution is -0.113. The fraction of sp³-hybridized carbons (Fsp3) is 0.120. The number of hydrogen-bond acceptors (Lipinski definition) is 5. The van der Waals surface area contributed by atoms with E-state index < -0.39 is 0 Å². The second-order valence-electron chi connectivity index (χ2n) is 8.07. The number of nitrogens with one attached hydrogen (secondary N) is 3. The zero-order valence-corrected chi connectivity index (χ0v) is 19.3. The van der Waals surface area contributed by atoms with Gasteiger partial charge in [0.15, 0.2) is 5.16 Å². The van der Waals surface area contributed by atoms with E-state index in [2.05, 4.69) is 15.3 Å². The molecule has 5 rings (SSSR count). The molecular weight excluding hydrogens is 450 g/mol. The number of hydrogen-bond donors (Lipinski definition) is 3. The van der Waals surface area contributed by atoms with Gasteiger partial charge >= 0.3 is 5.69 Å². The molecule has 170 valence electrons. The number of amides is 1. The molecule has 1 amide bonds. The average molecular weight is 472 g/mol. The lowest BCUT2D eigenvalue weighted by atomic mass is 10.1. The SMILES string of the molecule is Cc1cc(C)cc(-n2c(SCC(=O)Nc3ccc4[nH]c(=O)[nH]c4c3)nc3ccccc3c2=O)c1. The molecule has 0 aliphatic heterocycles. The minimum absolute atomic E-state index is 0.0528. The van der Waals surface area contributed by atoms with Crippen molar-refractivity contribution in [2.45, 2.75) is 19.0 Å². The Morgan fingerprint density at radius 1 is 0.971 bits per heavy atom. The summed E-state index contributed by atoms with van der Waals surface area (Å²) >= 11 is 1.19. The summed E-state index contributed by atoms with van der Waals surface area (Å²) in [5, 5.41) is 3.79. The Morgan fingerprint density at radius 2 is 1.71 bits per heavy atom. The van der Waals surface area contributed by atoms with Crippen molar-refractivity contribution in [3.05, 3.63) is 92.6 Å². The van der Waals surface area contributed by atoms with Crippen LogP contribution in [0.1, 0.15) is 11.1 Å². The first-order valence-corrected chi connectivity index (χ1v) is 11.6. The van der Waals surface area contributed by atoms with E-state index >= 15 is 0 Å². The summed E-state index contributed by atoms with van der Waals surface area (Å²) in [5.41, 5.74) is 4.70.